The van der Waals surface area contributed by atoms with Gasteiger partial charge in [-0.3, -0.25) is 9.48 Å². The molecule has 0 aliphatic heterocycles. The van der Waals surface area contributed by atoms with E-state index in [1.165, 1.54) is 24.0 Å². The number of methoxy groups -OCH3 is 1. The average molecular weight is 656 g/mol. The Labute approximate surface area is 284 Å². The fraction of sp³-hybridized carbons (Fsp3) is 0.600. The van der Waals surface area contributed by atoms with E-state index in [1.807, 2.05) is 6.20 Å². The molecule has 0 saturated heterocycles. The van der Waals surface area contributed by atoms with Crippen molar-refractivity contribution in [3.05, 3.63) is 66.0 Å². The zero-order valence-corrected chi connectivity index (χ0v) is 30.9. The van der Waals surface area contributed by atoms with Crippen molar-refractivity contribution in [1.29, 1.82) is 0 Å². The Kier molecular flexibility index (Phi) is 10.1. The first-order chi connectivity index (χ1) is 22.4. The summed E-state index contributed by atoms with van der Waals surface area (Å²) in [5.74, 6) is 2.37. The Morgan fingerprint density at radius 1 is 0.936 bits per heavy atom. The Balaban J connectivity index is 1.17. The number of amides is 1. The summed E-state index contributed by atoms with van der Waals surface area (Å²) < 4.78 is 14.4. The van der Waals surface area contributed by atoms with Crippen molar-refractivity contribution < 1.29 is 14.0 Å². The number of carbonyl (C=O) groups excluding carboxylic acids is 1. The molecule has 3 saturated carbocycles. The average Bonchev–Trinajstić information content (AvgIpc) is 3.79. The van der Waals surface area contributed by atoms with E-state index in [9.17, 15) is 4.79 Å². The van der Waals surface area contributed by atoms with Crippen LogP contribution < -0.4 is 9.64 Å². The maximum absolute atomic E-state index is 14.5. The van der Waals surface area contributed by atoms with Crippen LogP contribution in [0.1, 0.15) is 108 Å². The molecule has 0 unspecified atom stereocenters. The highest BCUT2D eigenvalue weighted by atomic mass is 28.4. The van der Waals surface area contributed by atoms with Crippen molar-refractivity contribution in [1.82, 2.24) is 9.78 Å². The molecular weight excluding hydrogens is 599 g/mol. The number of carbonyl (C=O) groups is 1. The molecule has 6 rings (SSSR count). The zero-order chi connectivity index (χ0) is 33.3. The minimum absolute atomic E-state index is 0.0501. The Morgan fingerprint density at radius 2 is 1.66 bits per heavy atom. The topological polar surface area (TPSA) is 56.6 Å². The smallest absolute Gasteiger partial charge is 0.230 e. The van der Waals surface area contributed by atoms with Crippen molar-refractivity contribution in [3.8, 4) is 16.9 Å². The van der Waals surface area contributed by atoms with E-state index in [0.29, 0.717) is 23.8 Å². The van der Waals surface area contributed by atoms with Crippen molar-refractivity contribution in [2.45, 2.75) is 128 Å². The second-order valence-electron chi connectivity index (χ2n) is 16.2. The number of aromatic nitrogens is 2. The van der Waals surface area contributed by atoms with Gasteiger partial charge < -0.3 is 14.1 Å². The number of ether oxygens (including phenoxy) is 1. The van der Waals surface area contributed by atoms with Gasteiger partial charge in [0.05, 0.1) is 19.3 Å². The first-order valence-electron chi connectivity index (χ1n) is 18.2. The van der Waals surface area contributed by atoms with Crippen LogP contribution in [0, 0.1) is 18.8 Å². The lowest BCUT2D eigenvalue weighted by Gasteiger charge is -2.41. The molecular formula is C40H57N3O3Si. The van der Waals surface area contributed by atoms with E-state index in [4.69, 9.17) is 9.16 Å². The predicted octanol–water partition coefficient (Wildman–Crippen LogP) is 10.1. The number of aryl methyl sites for hydroxylation is 1. The highest BCUT2D eigenvalue weighted by Crippen LogP contribution is 2.42. The number of hydrogen-bond acceptors (Lipinski definition) is 4. The van der Waals surface area contributed by atoms with E-state index >= 15 is 0 Å². The molecule has 3 aliphatic carbocycles. The van der Waals surface area contributed by atoms with Gasteiger partial charge in [0.2, 0.25) is 5.91 Å². The third-order valence-electron chi connectivity index (χ3n) is 11.7. The van der Waals surface area contributed by atoms with Gasteiger partial charge in [-0.1, -0.05) is 45.0 Å². The van der Waals surface area contributed by atoms with Gasteiger partial charge in [-0.25, -0.2) is 0 Å². The molecule has 0 radical (unpaired) electrons. The number of nitrogens with zero attached hydrogens (tertiary/aromatic N) is 3. The van der Waals surface area contributed by atoms with E-state index in [-0.39, 0.29) is 17.1 Å². The predicted molar refractivity (Wildman–Crippen MR) is 195 cm³/mol. The minimum Gasteiger partial charge on any atom is -0.496 e. The molecule has 0 atom stereocenters. The molecule has 7 heteroatoms. The van der Waals surface area contributed by atoms with Gasteiger partial charge in [0.1, 0.15) is 5.75 Å². The quantitative estimate of drug-likeness (QED) is 0.204. The fourth-order valence-corrected chi connectivity index (χ4v) is 8.96. The van der Waals surface area contributed by atoms with E-state index in [0.717, 1.165) is 80.5 Å². The van der Waals surface area contributed by atoms with Gasteiger partial charge in [-0.15, -0.1) is 0 Å². The van der Waals surface area contributed by atoms with Crippen LogP contribution in [0.25, 0.3) is 11.1 Å². The molecule has 3 aliphatic rings. The van der Waals surface area contributed by atoms with Crippen LogP contribution in [-0.4, -0.2) is 43.8 Å². The molecule has 0 bridgehead atoms. The highest BCUT2D eigenvalue weighted by Gasteiger charge is 2.41. The van der Waals surface area contributed by atoms with Crippen molar-refractivity contribution in [2.75, 3.05) is 18.6 Å². The summed E-state index contributed by atoms with van der Waals surface area (Å²) in [5, 5.41) is 4.84. The maximum Gasteiger partial charge on any atom is 0.230 e. The first-order valence-corrected chi connectivity index (χ1v) is 21.1. The highest BCUT2D eigenvalue weighted by molar-refractivity contribution is 6.74. The monoisotopic (exact) mass is 655 g/mol. The third-order valence-corrected chi connectivity index (χ3v) is 16.3. The van der Waals surface area contributed by atoms with Crippen molar-refractivity contribution in [3.63, 3.8) is 0 Å². The van der Waals surface area contributed by atoms with E-state index in [2.05, 4.69) is 104 Å². The number of rotatable bonds is 10. The molecule has 0 N–H and O–H groups in total. The maximum atomic E-state index is 14.5. The second kappa shape index (κ2) is 13.9. The van der Waals surface area contributed by atoms with Crippen molar-refractivity contribution in [2.24, 2.45) is 11.8 Å². The summed E-state index contributed by atoms with van der Waals surface area (Å²) in [6, 6.07) is 15.9. The molecule has 1 heterocycles. The van der Waals surface area contributed by atoms with Crippen LogP contribution in [0.15, 0.2) is 54.9 Å². The van der Waals surface area contributed by atoms with Gasteiger partial charge in [0, 0.05) is 36.0 Å². The molecule has 3 fully saturated rings. The van der Waals surface area contributed by atoms with Gasteiger partial charge in [0.25, 0.3) is 0 Å². The molecule has 47 heavy (non-hydrogen) atoms. The molecule has 254 valence electrons. The van der Waals surface area contributed by atoms with Gasteiger partial charge in [-0.05, 0) is 136 Å². The fourth-order valence-electron chi connectivity index (χ4n) is 7.54. The van der Waals surface area contributed by atoms with E-state index in [1.54, 1.807) is 7.11 Å². The minimum atomic E-state index is -1.83. The van der Waals surface area contributed by atoms with Crippen LogP contribution in [0.3, 0.4) is 0 Å². The molecule has 3 aromatic rings. The number of anilines is 1. The standard InChI is InChI=1S/C40H57N3O3Si/c1-28-23-33(17-22-38(28)45-5)30-13-11-29(12-14-30)26-42(36-10-8-9-32(24-36)34-25-41-43(27-34)35-18-19-35)39(44)31-15-20-37(21-16-31)46-47(6,7)40(2,3)4/h8-10,17,22-25,27,29-31,35,37H,11-16,18-21,26H2,1-7H3. The Morgan fingerprint density at radius 3 is 2.30 bits per heavy atom. The summed E-state index contributed by atoms with van der Waals surface area (Å²) >= 11 is 0. The zero-order valence-electron chi connectivity index (χ0n) is 29.9. The SMILES string of the molecule is COc1ccc(C2CCC(CN(C(=O)C3CCC(O[Si](C)(C)C(C)(C)C)CC3)c3cccc(-c4cnn(C5CC5)c4)c3)CC2)cc1C. The van der Waals surface area contributed by atoms with Crippen LogP contribution in [0.5, 0.6) is 5.75 Å². The third kappa shape index (κ3) is 7.88. The number of hydrogen-bond donors (Lipinski definition) is 0. The second-order valence-corrected chi connectivity index (χ2v) is 21.0. The van der Waals surface area contributed by atoms with Crippen LogP contribution in [0.4, 0.5) is 5.69 Å². The summed E-state index contributed by atoms with van der Waals surface area (Å²) in [6.07, 6.45) is 15.2. The normalized spacial score (nSPS) is 23.8. The van der Waals surface area contributed by atoms with Gasteiger partial charge in [0.15, 0.2) is 8.32 Å². The summed E-state index contributed by atoms with van der Waals surface area (Å²) in [4.78, 5) is 16.7. The van der Waals surface area contributed by atoms with Gasteiger partial charge in [-0.2, -0.15) is 5.10 Å². The summed E-state index contributed by atoms with van der Waals surface area (Å²) in [6.45, 7) is 14.5. The van der Waals surface area contributed by atoms with Crippen LogP contribution in [0.2, 0.25) is 18.1 Å². The Bertz CT molecular complexity index is 1520. The number of benzene rings is 2. The lowest BCUT2D eigenvalue weighted by molar-refractivity contribution is -0.124. The Hall–Kier alpha value is -2.90. The van der Waals surface area contributed by atoms with Crippen molar-refractivity contribution >= 4 is 19.9 Å². The first kappa shape index (κ1) is 34.0. The lowest BCUT2D eigenvalue weighted by atomic mass is 9.78. The van der Waals surface area contributed by atoms with E-state index < -0.39 is 8.32 Å². The molecule has 1 amide bonds. The molecule has 1 aromatic heterocycles. The molecule has 0 spiro atoms. The largest absolute Gasteiger partial charge is 0.496 e. The molecule has 2 aromatic carbocycles. The molecule has 6 nitrogen and oxygen atoms in total. The van der Waals surface area contributed by atoms with Crippen LogP contribution >= 0.6 is 0 Å². The summed E-state index contributed by atoms with van der Waals surface area (Å²) in [7, 11) is -0.0905. The lowest BCUT2D eigenvalue weighted by Crippen LogP contribution is -2.46. The van der Waals surface area contributed by atoms with Crippen LogP contribution in [-0.2, 0) is 9.22 Å². The van der Waals surface area contributed by atoms with Gasteiger partial charge >= 0.3 is 0 Å². The summed E-state index contributed by atoms with van der Waals surface area (Å²) in [5.41, 5.74) is 5.92.